The van der Waals surface area contributed by atoms with Gasteiger partial charge in [0.25, 0.3) is 0 Å². The van der Waals surface area contributed by atoms with E-state index in [2.05, 4.69) is 34.6 Å². The lowest BCUT2D eigenvalue weighted by Crippen LogP contribution is -2.35. The summed E-state index contributed by atoms with van der Waals surface area (Å²) in [7, 11) is 0. The number of hydrogen-bond donors (Lipinski definition) is 0. The van der Waals surface area contributed by atoms with Crippen molar-refractivity contribution in [2.45, 2.75) is 47.5 Å². The Morgan fingerprint density at radius 2 is 1.33 bits per heavy atom. The van der Waals surface area contributed by atoms with Crippen LogP contribution < -0.4 is 0 Å². The summed E-state index contributed by atoms with van der Waals surface area (Å²) in [4.78, 5) is 0. The highest BCUT2D eigenvalue weighted by Gasteiger charge is 2.34. The van der Waals surface area contributed by atoms with Crippen LogP contribution >= 0.6 is 0 Å². The van der Waals surface area contributed by atoms with Gasteiger partial charge in [-0.25, -0.2) is 0 Å². The van der Waals surface area contributed by atoms with Crippen LogP contribution in [0.4, 0.5) is 0 Å². The van der Waals surface area contributed by atoms with E-state index in [1.165, 1.54) is 12.8 Å². The third kappa shape index (κ3) is 1.67. The highest BCUT2D eigenvalue weighted by atomic mass is 14.4. The Bertz CT molecular complexity index is 125. The minimum Gasteiger partial charge on any atom is -0.0651 e. The van der Waals surface area contributed by atoms with Crippen LogP contribution in [0, 0.1) is 29.6 Å². The van der Waals surface area contributed by atoms with Gasteiger partial charge in [-0.1, -0.05) is 41.0 Å². The standard InChI is InChI=1S/C12H24/c1-6-12-10(4)8(2)7-9(3)11(12)5/h8-12H,6-7H2,1-5H3. The van der Waals surface area contributed by atoms with Gasteiger partial charge in [-0.2, -0.15) is 0 Å². The quantitative estimate of drug-likeness (QED) is 0.556. The first kappa shape index (κ1) is 10.1. The Hall–Kier alpha value is 0. The van der Waals surface area contributed by atoms with Crippen molar-refractivity contribution in [1.82, 2.24) is 0 Å². The van der Waals surface area contributed by atoms with Gasteiger partial charge < -0.3 is 0 Å². The molecule has 4 atom stereocenters. The summed E-state index contributed by atoms with van der Waals surface area (Å²) in [6.45, 7) is 12.1. The molecule has 4 unspecified atom stereocenters. The normalized spacial score (nSPS) is 49.2. The molecule has 1 saturated carbocycles. The summed E-state index contributed by atoms with van der Waals surface area (Å²) in [6, 6.07) is 0. The molecule has 72 valence electrons. The number of hydrogen-bond acceptors (Lipinski definition) is 0. The van der Waals surface area contributed by atoms with E-state index in [0.29, 0.717) is 0 Å². The zero-order valence-electron chi connectivity index (χ0n) is 9.30. The molecule has 0 amide bonds. The molecule has 0 heteroatoms. The molecular formula is C12H24. The second kappa shape index (κ2) is 3.81. The molecule has 0 spiro atoms. The minimum atomic E-state index is 0.946. The van der Waals surface area contributed by atoms with Crippen LogP contribution in [0.2, 0.25) is 0 Å². The first-order valence-corrected chi connectivity index (χ1v) is 5.57. The van der Waals surface area contributed by atoms with E-state index in [-0.39, 0.29) is 0 Å². The monoisotopic (exact) mass is 168 g/mol. The third-order valence-electron chi connectivity index (χ3n) is 4.36. The Kier molecular flexibility index (Phi) is 3.20. The largest absolute Gasteiger partial charge is 0.0651 e. The molecule has 0 aromatic rings. The van der Waals surface area contributed by atoms with Crippen molar-refractivity contribution in [1.29, 1.82) is 0 Å². The summed E-state index contributed by atoms with van der Waals surface area (Å²) in [6.07, 6.45) is 2.82. The Balaban J connectivity index is 2.67. The SMILES string of the molecule is CCC1C(C)C(C)CC(C)C1C. The molecule has 1 aliphatic carbocycles. The maximum Gasteiger partial charge on any atom is -0.0360 e. The topological polar surface area (TPSA) is 0 Å². The molecule has 1 rings (SSSR count). The Morgan fingerprint density at radius 1 is 0.917 bits per heavy atom. The molecule has 0 radical (unpaired) electrons. The van der Waals surface area contributed by atoms with E-state index in [1.54, 1.807) is 0 Å². The molecule has 0 aliphatic heterocycles. The van der Waals surface area contributed by atoms with Crippen LogP contribution in [0.1, 0.15) is 47.5 Å². The Labute approximate surface area is 77.7 Å². The van der Waals surface area contributed by atoms with Gasteiger partial charge in [0, 0.05) is 0 Å². The van der Waals surface area contributed by atoms with Crippen LogP contribution in [0.3, 0.4) is 0 Å². The molecular weight excluding hydrogens is 144 g/mol. The molecule has 12 heavy (non-hydrogen) atoms. The summed E-state index contributed by atoms with van der Waals surface area (Å²) in [5.74, 6) is 4.76. The average Bonchev–Trinajstić information content (AvgIpc) is 2.02. The van der Waals surface area contributed by atoms with E-state index >= 15 is 0 Å². The lowest BCUT2D eigenvalue weighted by atomic mass is 9.63. The van der Waals surface area contributed by atoms with Crippen molar-refractivity contribution in [3.05, 3.63) is 0 Å². The average molecular weight is 168 g/mol. The van der Waals surface area contributed by atoms with Gasteiger partial charge in [0.2, 0.25) is 0 Å². The van der Waals surface area contributed by atoms with Crippen LogP contribution in [0.5, 0.6) is 0 Å². The van der Waals surface area contributed by atoms with E-state index in [9.17, 15) is 0 Å². The lowest BCUT2D eigenvalue weighted by Gasteiger charge is -2.42. The van der Waals surface area contributed by atoms with Crippen LogP contribution in [0.25, 0.3) is 0 Å². The fraction of sp³-hybridized carbons (Fsp3) is 1.00. The maximum absolute atomic E-state index is 2.45. The highest BCUT2D eigenvalue weighted by Crippen LogP contribution is 2.42. The summed E-state index contributed by atoms with van der Waals surface area (Å²) >= 11 is 0. The van der Waals surface area contributed by atoms with Gasteiger partial charge in [-0.3, -0.25) is 0 Å². The first-order valence-electron chi connectivity index (χ1n) is 5.57. The van der Waals surface area contributed by atoms with Gasteiger partial charge in [-0.05, 0) is 36.0 Å². The minimum absolute atomic E-state index is 0.946. The van der Waals surface area contributed by atoms with Crippen molar-refractivity contribution >= 4 is 0 Å². The van der Waals surface area contributed by atoms with E-state index < -0.39 is 0 Å². The molecule has 0 aromatic carbocycles. The smallest absolute Gasteiger partial charge is 0.0360 e. The predicted molar refractivity (Wildman–Crippen MR) is 55.1 cm³/mol. The van der Waals surface area contributed by atoms with Gasteiger partial charge in [0.15, 0.2) is 0 Å². The van der Waals surface area contributed by atoms with Crippen molar-refractivity contribution < 1.29 is 0 Å². The van der Waals surface area contributed by atoms with Crippen molar-refractivity contribution in [2.75, 3.05) is 0 Å². The molecule has 1 fully saturated rings. The summed E-state index contributed by atoms with van der Waals surface area (Å²) < 4.78 is 0. The number of rotatable bonds is 1. The Morgan fingerprint density at radius 3 is 1.67 bits per heavy atom. The lowest BCUT2D eigenvalue weighted by molar-refractivity contribution is 0.0703. The predicted octanol–water partition coefficient (Wildman–Crippen LogP) is 3.96. The second-order valence-electron chi connectivity index (χ2n) is 4.98. The highest BCUT2D eigenvalue weighted by molar-refractivity contribution is 4.84. The maximum atomic E-state index is 2.45. The van der Waals surface area contributed by atoms with E-state index in [4.69, 9.17) is 0 Å². The molecule has 0 aromatic heterocycles. The zero-order valence-corrected chi connectivity index (χ0v) is 9.30. The van der Waals surface area contributed by atoms with Crippen LogP contribution in [-0.2, 0) is 0 Å². The fourth-order valence-electron chi connectivity index (χ4n) is 3.08. The summed E-state index contributed by atoms with van der Waals surface area (Å²) in [5.41, 5.74) is 0. The van der Waals surface area contributed by atoms with Crippen molar-refractivity contribution in [2.24, 2.45) is 29.6 Å². The molecule has 0 saturated heterocycles. The fourth-order valence-corrected chi connectivity index (χ4v) is 3.08. The van der Waals surface area contributed by atoms with Crippen LogP contribution in [-0.4, -0.2) is 0 Å². The first-order chi connectivity index (χ1) is 5.57. The zero-order chi connectivity index (χ0) is 9.30. The molecule has 0 bridgehead atoms. The van der Waals surface area contributed by atoms with E-state index in [1.807, 2.05) is 0 Å². The van der Waals surface area contributed by atoms with E-state index in [0.717, 1.165) is 29.6 Å². The van der Waals surface area contributed by atoms with Crippen molar-refractivity contribution in [3.63, 3.8) is 0 Å². The van der Waals surface area contributed by atoms with Gasteiger partial charge in [0.05, 0.1) is 0 Å². The molecule has 0 N–H and O–H groups in total. The van der Waals surface area contributed by atoms with Crippen molar-refractivity contribution in [3.8, 4) is 0 Å². The van der Waals surface area contributed by atoms with Crippen LogP contribution in [0.15, 0.2) is 0 Å². The molecule has 0 heterocycles. The third-order valence-corrected chi connectivity index (χ3v) is 4.36. The van der Waals surface area contributed by atoms with Gasteiger partial charge in [-0.15, -0.1) is 0 Å². The second-order valence-corrected chi connectivity index (χ2v) is 4.98. The van der Waals surface area contributed by atoms with Gasteiger partial charge in [0.1, 0.15) is 0 Å². The molecule has 0 nitrogen and oxygen atoms in total. The summed E-state index contributed by atoms with van der Waals surface area (Å²) in [5, 5.41) is 0. The molecule has 1 aliphatic rings. The van der Waals surface area contributed by atoms with Gasteiger partial charge >= 0.3 is 0 Å².